The Morgan fingerprint density at radius 2 is 2.33 bits per heavy atom. The van der Waals surface area contributed by atoms with Crippen LogP contribution in [0.5, 0.6) is 0 Å². The van der Waals surface area contributed by atoms with Gasteiger partial charge in [0.2, 0.25) is 0 Å². The van der Waals surface area contributed by atoms with E-state index >= 15 is 0 Å². The maximum atomic E-state index is 11.7. The first-order valence-corrected chi connectivity index (χ1v) is 10.2. The molecular weight excluding hydrogens is 364 g/mol. The molecule has 4 rings (SSSR count). The molecule has 144 valence electrons. The third-order valence-electron chi connectivity index (χ3n) is 4.59. The Morgan fingerprint density at radius 3 is 3.19 bits per heavy atom. The molecule has 0 radical (unpaired) electrons. The van der Waals surface area contributed by atoms with E-state index in [0.29, 0.717) is 13.0 Å². The standard InChI is InChI=1S/C19H24N4O3S/c1-11(2)20-19(24)26-12-8-16(25-10-12)15-9-18(23-22-15)21-14-4-3-5-17-13(14)6-7-27-17/h3-5,9,11-12,16H,6-8,10H2,1-2H3,(H,20,24)(H2,21,22,23). The summed E-state index contributed by atoms with van der Waals surface area (Å²) in [5, 5.41) is 13.5. The number of nitrogens with zero attached hydrogens (tertiary/aromatic N) is 1. The van der Waals surface area contributed by atoms with Crippen molar-refractivity contribution in [3.8, 4) is 0 Å². The van der Waals surface area contributed by atoms with Gasteiger partial charge in [-0.2, -0.15) is 5.10 Å². The van der Waals surface area contributed by atoms with Crippen LogP contribution in [0.15, 0.2) is 29.2 Å². The van der Waals surface area contributed by atoms with Gasteiger partial charge in [0.15, 0.2) is 5.82 Å². The molecular formula is C19H24N4O3S. The van der Waals surface area contributed by atoms with Crippen LogP contribution >= 0.6 is 11.8 Å². The Hall–Kier alpha value is -2.19. The van der Waals surface area contributed by atoms with Crippen molar-refractivity contribution < 1.29 is 14.3 Å². The molecule has 2 aliphatic heterocycles. The molecule has 27 heavy (non-hydrogen) atoms. The summed E-state index contributed by atoms with van der Waals surface area (Å²) in [6.07, 6.45) is 0.889. The van der Waals surface area contributed by atoms with E-state index in [4.69, 9.17) is 9.47 Å². The van der Waals surface area contributed by atoms with Gasteiger partial charge in [-0.3, -0.25) is 5.10 Å². The number of aromatic nitrogens is 2. The van der Waals surface area contributed by atoms with Crippen LogP contribution in [0, 0.1) is 0 Å². The SMILES string of the molecule is CC(C)NC(=O)OC1COC(c2cc(Nc3cccc4c3CCS4)n[nH]2)C1. The number of benzene rings is 1. The summed E-state index contributed by atoms with van der Waals surface area (Å²) < 4.78 is 11.2. The maximum Gasteiger partial charge on any atom is 0.407 e. The number of hydrogen-bond donors (Lipinski definition) is 3. The fraction of sp³-hybridized carbons (Fsp3) is 0.474. The minimum Gasteiger partial charge on any atom is -0.444 e. The van der Waals surface area contributed by atoms with Gasteiger partial charge < -0.3 is 20.1 Å². The van der Waals surface area contributed by atoms with Gasteiger partial charge in [-0.05, 0) is 38.0 Å². The van der Waals surface area contributed by atoms with Crippen molar-refractivity contribution in [3.05, 3.63) is 35.5 Å². The van der Waals surface area contributed by atoms with Crippen molar-refractivity contribution in [2.75, 3.05) is 17.7 Å². The van der Waals surface area contributed by atoms with Crippen LogP contribution in [-0.4, -0.2) is 40.8 Å². The highest BCUT2D eigenvalue weighted by molar-refractivity contribution is 7.99. The number of carbonyl (C=O) groups excluding carboxylic acids is 1. The number of nitrogens with one attached hydrogen (secondary N) is 3. The zero-order chi connectivity index (χ0) is 18.8. The van der Waals surface area contributed by atoms with E-state index in [9.17, 15) is 4.79 Å². The number of carbonyl (C=O) groups is 1. The van der Waals surface area contributed by atoms with E-state index in [1.54, 1.807) is 0 Å². The number of anilines is 2. The Morgan fingerprint density at radius 1 is 1.44 bits per heavy atom. The molecule has 1 aromatic carbocycles. The maximum absolute atomic E-state index is 11.7. The number of amides is 1. The summed E-state index contributed by atoms with van der Waals surface area (Å²) in [5.74, 6) is 1.89. The van der Waals surface area contributed by atoms with Crippen LogP contribution in [-0.2, 0) is 15.9 Å². The second-order valence-electron chi connectivity index (χ2n) is 7.10. The number of H-pyrrole nitrogens is 1. The third-order valence-corrected chi connectivity index (χ3v) is 5.69. The van der Waals surface area contributed by atoms with Gasteiger partial charge in [-0.25, -0.2) is 4.79 Å². The van der Waals surface area contributed by atoms with Gasteiger partial charge in [0.05, 0.1) is 12.3 Å². The summed E-state index contributed by atoms with van der Waals surface area (Å²) in [6.45, 7) is 4.19. The van der Waals surface area contributed by atoms with E-state index in [2.05, 4.69) is 39.0 Å². The zero-order valence-electron chi connectivity index (χ0n) is 15.5. The van der Waals surface area contributed by atoms with Crippen LogP contribution in [0.1, 0.15) is 37.6 Å². The molecule has 0 bridgehead atoms. The van der Waals surface area contributed by atoms with E-state index in [1.807, 2.05) is 31.7 Å². The largest absolute Gasteiger partial charge is 0.444 e. The van der Waals surface area contributed by atoms with Crippen LogP contribution in [0.25, 0.3) is 0 Å². The Labute approximate surface area is 162 Å². The van der Waals surface area contributed by atoms with Crippen LogP contribution in [0.3, 0.4) is 0 Å². The number of thioether (sulfide) groups is 1. The first-order chi connectivity index (χ1) is 13.1. The van der Waals surface area contributed by atoms with Gasteiger partial charge >= 0.3 is 6.09 Å². The summed E-state index contributed by atoms with van der Waals surface area (Å²) in [4.78, 5) is 13.1. The number of aromatic amines is 1. The van der Waals surface area contributed by atoms with E-state index < -0.39 is 6.09 Å². The number of alkyl carbamates (subject to hydrolysis) is 1. The minimum atomic E-state index is -0.401. The molecule has 0 spiro atoms. The lowest BCUT2D eigenvalue weighted by Gasteiger charge is -2.13. The fourth-order valence-corrected chi connectivity index (χ4v) is 4.45. The van der Waals surface area contributed by atoms with Crippen molar-refractivity contribution in [1.29, 1.82) is 0 Å². The lowest BCUT2D eigenvalue weighted by atomic mass is 10.1. The lowest BCUT2D eigenvalue weighted by molar-refractivity contribution is 0.0682. The highest BCUT2D eigenvalue weighted by Gasteiger charge is 2.31. The molecule has 7 nitrogen and oxygen atoms in total. The summed E-state index contributed by atoms with van der Waals surface area (Å²) in [7, 11) is 0. The van der Waals surface area contributed by atoms with Crippen LogP contribution < -0.4 is 10.6 Å². The normalized spacial score (nSPS) is 21.3. The van der Waals surface area contributed by atoms with Gasteiger partial charge in [-0.15, -0.1) is 11.8 Å². The number of fused-ring (bicyclic) bond motifs is 1. The van der Waals surface area contributed by atoms with Crippen molar-refractivity contribution in [2.45, 2.75) is 49.8 Å². The topological polar surface area (TPSA) is 88.3 Å². The molecule has 3 N–H and O–H groups in total. The molecule has 2 aromatic rings. The van der Waals surface area contributed by atoms with E-state index in [0.717, 1.165) is 29.4 Å². The second kappa shape index (κ2) is 7.82. The average Bonchev–Trinajstić information content (AvgIpc) is 3.33. The number of hydrogen-bond acceptors (Lipinski definition) is 6. The van der Waals surface area contributed by atoms with E-state index in [-0.39, 0.29) is 18.2 Å². The van der Waals surface area contributed by atoms with E-state index in [1.165, 1.54) is 10.5 Å². The highest BCUT2D eigenvalue weighted by atomic mass is 32.2. The predicted molar refractivity (Wildman–Crippen MR) is 105 cm³/mol. The summed E-state index contributed by atoms with van der Waals surface area (Å²) in [5.41, 5.74) is 3.35. The minimum absolute atomic E-state index is 0.0506. The molecule has 1 saturated heterocycles. The molecule has 2 unspecified atom stereocenters. The molecule has 1 aromatic heterocycles. The van der Waals surface area contributed by atoms with Gasteiger partial charge in [0.1, 0.15) is 12.2 Å². The summed E-state index contributed by atoms with van der Waals surface area (Å²) in [6, 6.07) is 8.33. The Balaban J connectivity index is 1.36. The molecule has 0 aliphatic carbocycles. The first kappa shape index (κ1) is 18.2. The molecule has 8 heteroatoms. The van der Waals surface area contributed by atoms with Gasteiger partial charge in [0.25, 0.3) is 0 Å². The molecule has 1 fully saturated rings. The smallest absolute Gasteiger partial charge is 0.407 e. The third kappa shape index (κ3) is 4.22. The van der Waals surface area contributed by atoms with Crippen molar-refractivity contribution >= 4 is 29.4 Å². The quantitative estimate of drug-likeness (QED) is 0.723. The molecule has 2 aliphatic rings. The number of ether oxygens (including phenoxy) is 2. The van der Waals surface area contributed by atoms with Crippen molar-refractivity contribution in [2.24, 2.45) is 0 Å². The van der Waals surface area contributed by atoms with Gasteiger partial charge in [0, 0.05) is 34.9 Å². The first-order valence-electron chi connectivity index (χ1n) is 9.24. The second-order valence-corrected chi connectivity index (χ2v) is 8.24. The average molecular weight is 388 g/mol. The van der Waals surface area contributed by atoms with Crippen LogP contribution in [0.4, 0.5) is 16.3 Å². The molecule has 1 amide bonds. The molecule has 2 atom stereocenters. The fourth-order valence-electron chi connectivity index (χ4n) is 3.36. The van der Waals surface area contributed by atoms with Crippen LogP contribution in [0.2, 0.25) is 0 Å². The molecule has 3 heterocycles. The highest BCUT2D eigenvalue weighted by Crippen LogP contribution is 2.37. The Bertz CT molecular complexity index is 823. The van der Waals surface area contributed by atoms with Crippen molar-refractivity contribution in [3.63, 3.8) is 0 Å². The van der Waals surface area contributed by atoms with Crippen molar-refractivity contribution in [1.82, 2.24) is 15.5 Å². The Kier molecular flexibility index (Phi) is 5.27. The number of rotatable bonds is 5. The van der Waals surface area contributed by atoms with Gasteiger partial charge in [-0.1, -0.05) is 6.07 Å². The lowest BCUT2D eigenvalue weighted by Crippen LogP contribution is -2.33. The predicted octanol–water partition coefficient (Wildman–Crippen LogP) is 3.77. The monoisotopic (exact) mass is 388 g/mol. The zero-order valence-corrected chi connectivity index (χ0v) is 16.3. The summed E-state index contributed by atoms with van der Waals surface area (Å²) >= 11 is 1.89. The molecule has 0 saturated carbocycles.